The lowest BCUT2D eigenvalue weighted by Gasteiger charge is -1.95. The Balaban J connectivity index is 2.68. The number of aromatic amines is 1. The molecule has 0 fully saturated rings. The molecule has 0 saturated heterocycles. The normalized spacial score (nSPS) is 11.4. The first-order chi connectivity index (χ1) is 6.18. The summed E-state index contributed by atoms with van der Waals surface area (Å²) in [6.45, 7) is 4.05. The number of halogens is 1. The third kappa shape index (κ3) is 1.30. The third-order valence-corrected chi connectivity index (χ3v) is 2.03. The molecule has 2 rings (SSSR count). The van der Waals surface area contributed by atoms with E-state index in [9.17, 15) is 4.39 Å². The second-order valence-electron chi connectivity index (χ2n) is 3.41. The topological polar surface area (TPSA) is 28.7 Å². The second kappa shape index (κ2) is 2.83. The van der Waals surface area contributed by atoms with Crippen LogP contribution in [0.3, 0.4) is 0 Å². The van der Waals surface area contributed by atoms with Gasteiger partial charge in [0.15, 0.2) is 5.82 Å². The lowest BCUT2D eigenvalue weighted by atomic mass is 10.2. The molecule has 0 amide bonds. The zero-order chi connectivity index (χ0) is 9.42. The van der Waals surface area contributed by atoms with Gasteiger partial charge in [0, 0.05) is 5.92 Å². The number of para-hydroxylation sites is 1. The van der Waals surface area contributed by atoms with Gasteiger partial charge in [-0.1, -0.05) is 19.9 Å². The molecular formula is C10H11FN2. The average molecular weight is 178 g/mol. The fourth-order valence-electron chi connectivity index (χ4n) is 1.29. The van der Waals surface area contributed by atoms with Crippen LogP contribution >= 0.6 is 0 Å². The summed E-state index contributed by atoms with van der Waals surface area (Å²) in [4.78, 5) is 7.27. The number of hydrogen-bond acceptors (Lipinski definition) is 1. The lowest BCUT2D eigenvalue weighted by molar-refractivity contribution is 0.636. The highest BCUT2D eigenvalue weighted by molar-refractivity contribution is 5.75. The molecule has 0 radical (unpaired) electrons. The van der Waals surface area contributed by atoms with E-state index in [0.29, 0.717) is 11.4 Å². The summed E-state index contributed by atoms with van der Waals surface area (Å²) in [5.41, 5.74) is 1.20. The van der Waals surface area contributed by atoms with Crippen molar-refractivity contribution in [2.75, 3.05) is 0 Å². The molecule has 0 spiro atoms. The van der Waals surface area contributed by atoms with E-state index >= 15 is 0 Å². The number of benzene rings is 1. The molecule has 3 heteroatoms. The number of aromatic nitrogens is 2. The molecule has 1 heterocycles. The largest absolute Gasteiger partial charge is 0.342 e. The van der Waals surface area contributed by atoms with Crippen molar-refractivity contribution >= 4 is 11.0 Å². The molecule has 0 aliphatic carbocycles. The Hall–Kier alpha value is -1.38. The lowest BCUT2D eigenvalue weighted by Crippen LogP contribution is -1.88. The van der Waals surface area contributed by atoms with Gasteiger partial charge in [-0.05, 0) is 12.1 Å². The van der Waals surface area contributed by atoms with Gasteiger partial charge in [0.1, 0.15) is 11.3 Å². The van der Waals surface area contributed by atoms with Crippen LogP contribution in [0.15, 0.2) is 18.2 Å². The van der Waals surface area contributed by atoms with Crippen LogP contribution in [0.2, 0.25) is 0 Å². The van der Waals surface area contributed by atoms with Crippen molar-refractivity contribution in [3.8, 4) is 0 Å². The van der Waals surface area contributed by atoms with Crippen molar-refractivity contribution in [2.24, 2.45) is 0 Å². The molecule has 0 aliphatic heterocycles. The van der Waals surface area contributed by atoms with Crippen LogP contribution in [-0.2, 0) is 0 Å². The van der Waals surface area contributed by atoms with Crippen molar-refractivity contribution in [1.82, 2.24) is 9.97 Å². The number of H-pyrrole nitrogens is 1. The SMILES string of the molecule is CC(C)c1nc2c(F)cccc2[nH]1. The van der Waals surface area contributed by atoms with Crippen LogP contribution < -0.4 is 0 Å². The maximum Gasteiger partial charge on any atom is 0.151 e. The van der Waals surface area contributed by atoms with Crippen LogP contribution in [0.5, 0.6) is 0 Å². The summed E-state index contributed by atoms with van der Waals surface area (Å²) < 4.78 is 13.2. The summed E-state index contributed by atoms with van der Waals surface area (Å²) in [5.74, 6) is 0.868. The fraction of sp³-hybridized carbons (Fsp3) is 0.300. The minimum Gasteiger partial charge on any atom is -0.342 e. The number of fused-ring (bicyclic) bond motifs is 1. The molecule has 0 bridgehead atoms. The smallest absolute Gasteiger partial charge is 0.151 e. The number of imidazole rings is 1. The van der Waals surface area contributed by atoms with Crippen LogP contribution in [0.4, 0.5) is 4.39 Å². The number of rotatable bonds is 1. The zero-order valence-corrected chi connectivity index (χ0v) is 7.63. The van der Waals surface area contributed by atoms with E-state index in [1.807, 2.05) is 19.9 Å². The molecule has 2 nitrogen and oxygen atoms in total. The minimum atomic E-state index is -0.263. The van der Waals surface area contributed by atoms with Crippen LogP contribution in [0.1, 0.15) is 25.6 Å². The van der Waals surface area contributed by atoms with Crippen molar-refractivity contribution in [3.63, 3.8) is 0 Å². The summed E-state index contributed by atoms with van der Waals surface area (Å²) in [7, 11) is 0. The third-order valence-electron chi connectivity index (χ3n) is 2.03. The van der Waals surface area contributed by atoms with Gasteiger partial charge in [0.05, 0.1) is 5.52 Å². The van der Waals surface area contributed by atoms with Gasteiger partial charge < -0.3 is 4.98 Å². The van der Waals surface area contributed by atoms with Crippen molar-refractivity contribution in [2.45, 2.75) is 19.8 Å². The Kier molecular flexibility index (Phi) is 1.79. The molecule has 1 N–H and O–H groups in total. The Bertz CT molecular complexity index is 431. The van der Waals surface area contributed by atoms with Gasteiger partial charge in [0.25, 0.3) is 0 Å². The first kappa shape index (κ1) is 8.23. The zero-order valence-electron chi connectivity index (χ0n) is 7.63. The highest BCUT2D eigenvalue weighted by atomic mass is 19.1. The first-order valence-electron chi connectivity index (χ1n) is 4.32. The van der Waals surface area contributed by atoms with E-state index in [0.717, 1.165) is 11.3 Å². The van der Waals surface area contributed by atoms with E-state index in [4.69, 9.17) is 0 Å². The Labute approximate surface area is 75.8 Å². The summed E-state index contributed by atoms with van der Waals surface area (Å²) >= 11 is 0. The monoisotopic (exact) mass is 178 g/mol. The predicted octanol–water partition coefficient (Wildman–Crippen LogP) is 2.83. The predicted molar refractivity (Wildman–Crippen MR) is 50.1 cm³/mol. The highest BCUT2D eigenvalue weighted by Crippen LogP contribution is 2.18. The quantitative estimate of drug-likeness (QED) is 0.714. The molecule has 0 aliphatic rings. The molecule has 0 atom stereocenters. The molecule has 0 unspecified atom stereocenters. The number of hydrogen-bond donors (Lipinski definition) is 1. The standard InChI is InChI=1S/C10H11FN2/c1-6(2)10-12-8-5-3-4-7(11)9(8)13-10/h3-6H,1-2H3,(H,12,13). The van der Waals surface area contributed by atoms with Gasteiger partial charge in [-0.2, -0.15) is 0 Å². The van der Waals surface area contributed by atoms with Crippen LogP contribution in [0, 0.1) is 5.82 Å². The molecule has 1 aromatic heterocycles. The highest BCUT2D eigenvalue weighted by Gasteiger charge is 2.08. The molecule has 1 aromatic carbocycles. The van der Waals surface area contributed by atoms with Crippen LogP contribution in [-0.4, -0.2) is 9.97 Å². The van der Waals surface area contributed by atoms with Crippen molar-refractivity contribution in [3.05, 3.63) is 29.8 Å². The van der Waals surface area contributed by atoms with Gasteiger partial charge >= 0.3 is 0 Å². The van der Waals surface area contributed by atoms with Gasteiger partial charge in [-0.25, -0.2) is 9.37 Å². The Morgan fingerprint density at radius 2 is 2.15 bits per heavy atom. The maximum absolute atomic E-state index is 13.2. The van der Waals surface area contributed by atoms with Gasteiger partial charge in [-0.15, -0.1) is 0 Å². The average Bonchev–Trinajstić information content (AvgIpc) is 2.49. The van der Waals surface area contributed by atoms with Gasteiger partial charge in [-0.3, -0.25) is 0 Å². The molecule has 13 heavy (non-hydrogen) atoms. The molecule has 2 aromatic rings. The fourth-order valence-corrected chi connectivity index (χ4v) is 1.29. The van der Waals surface area contributed by atoms with E-state index in [-0.39, 0.29) is 5.82 Å². The van der Waals surface area contributed by atoms with E-state index in [1.165, 1.54) is 6.07 Å². The van der Waals surface area contributed by atoms with E-state index in [1.54, 1.807) is 6.07 Å². The molecular weight excluding hydrogens is 167 g/mol. The molecule has 68 valence electrons. The summed E-state index contributed by atoms with van der Waals surface area (Å²) in [6.07, 6.45) is 0. The minimum absolute atomic E-state index is 0.263. The Morgan fingerprint density at radius 3 is 2.77 bits per heavy atom. The molecule has 0 saturated carbocycles. The second-order valence-corrected chi connectivity index (χ2v) is 3.41. The Morgan fingerprint density at radius 1 is 1.38 bits per heavy atom. The van der Waals surface area contributed by atoms with Gasteiger partial charge in [0.2, 0.25) is 0 Å². The summed E-state index contributed by atoms with van der Waals surface area (Å²) in [6, 6.07) is 4.94. The number of nitrogens with one attached hydrogen (secondary N) is 1. The van der Waals surface area contributed by atoms with E-state index < -0.39 is 0 Å². The summed E-state index contributed by atoms with van der Waals surface area (Å²) in [5, 5.41) is 0. The maximum atomic E-state index is 13.2. The number of nitrogens with zero attached hydrogens (tertiary/aromatic N) is 1. The van der Waals surface area contributed by atoms with Crippen molar-refractivity contribution < 1.29 is 4.39 Å². The van der Waals surface area contributed by atoms with Crippen LogP contribution in [0.25, 0.3) is 11.0 Å². The first-order valence-corrected chi connectivity index (χ1v) is 4.32. The van der Waals surface area contributed by atoms with E-state index in [2.05, 4.69) is 9.97 Å². The van der Waals surface area contributed by atoms with Crippen molar-refractivity contribution in [1.29, 1.82) is 0 Å².